The molecule has 0 aliphatic carbocycles. The van der Waals surface area contributed by atoms with E-state index in [0.717, 1.165) is 12.8 Å². The van der Waals surface area contributed by atoms with Gasteiger partial charge in [0.05, 0.1) is 12.2 Å². The van der Waals surface area contributed by atoms with Gasteiger partial charge in [0.25, 0.3) is 0 Å². The number of amides is 2. The van der Waals surface area contributed by atoms with Crippen LogP contribution in [0.4, 0.5) is 9.59 Å². The maximum Gasteiger partial charge on any atom is 0.435 e. The zero-order valence-corrected chi connectivity index (χ0v) is 13.6. The maximum atomic E-state index is 11.1. The number of nitrogens with two attached hydrogens (primary N) is 1. The van der Waals surface area contributed by atoms with Gasteiger partial charge in [0.2, 0.25) is 0 Å². The molecular formula is C9H12I2N2O5. The van der Waals surface area contributed by atoms with E-state index in [9.17, 15) is 9.59 Å². The Balaban J connectivity index is 2.20. The normalized spacial score (nSPS) is 22.3. The number of primary amides is 1. The molecule has 2 atom stereocenters. The lowest BCUT2D eigenvalue weighted by molar-refractivity contribution is -0.0177. The van der Waals surface area contributed by atoms with Gasteiger partial charge in [-0.3, -0.25) is 0 Å². The molecule has 0 unspecified atom stereocenters. The summed E-state index contributed by atoms with van der Waals surface area (Å²) in [6, 6.07) is 0. The monoisotopic (exact) mass is 482 g/mol. The molecule has 2 N–H and O–H groups in total. The van der Waals surface area contributed by atoms with Gasteiger partial charge in [-0.15, -0.1) is 0 Å². The fourth-order valence-electron chi connectivity index (χ4n) is 1.47. The van der Waals surface area contributed by atoms with Crippen LogP contribution in [0.3, 0.4) is 0 Å². The van der Waals surface area contributed by atoms with Gasteiger partial charge >= 0.3 is 12.2 Å². The Morgan fingerprint density at radius 2 is 1.78 bits per heavy atom. The highest BCUT2D eigenvalue weighted by Gasteiger charge is 2.27. The van der Waals surface area contributed by atoms with Crippen molar-refractivity contribution in [3.05, 3.63) is 0 Å². The molecule has 2 amide bonds. The molecule has 7 nitrogen and oxygen atoms in total. The highest BCUT2D eigenvalue weighted by Crippen LogP contribution is 2.20. The Hall–Kier alpha value is -0.170. The van der Waals surface area contributed by atoms with Gasteiger partial charge in [-0.1, -0.05) is 0 Å². The summed E-state index contributed by atoms with van der Waals surface area (Å²) in [7, 11) is 0. The van der Waals surface area contributed by atoms with Crippen molar-refractivity contribution in [2.75, 3.05) is 13.2 Å². The number of carbonyl (C=O) groups excluding carboxylic acids is 2. The summed E-state index contributed by atoms with van der Waals surface area (Å²) in [6.45, 7) is 0.277. The van der Waals surface area contributed by atoms with Crippen LogP contribution in [0.1, 0.15) is 12.8 Å². The molecule has 1 aliphatic heterocycles. The molecule has 0 saturated carbocycles. The molecule has 0 spiro atoms. The second kappa shape index (κ2) is 8.09. The van der Waals surface area contributed by atoms with Crippen molar-refractivity contribution in [1.82, 2.24) is 0 Å². The maximum absolute atomic E-state index is 11.1. The van der Waals surface area contributed by atoms with Gasteiger partial charge in [-0.2, -0.15) is 4.99 Å². The van der Waals surface area contributed by atoms with Crippen molar-refractivity contribution < 1.29 is 23.8 Å². The van der Waals surface area contributed by atoms with E-state index in [1.54, 1.807) is 0 Å². The van der Waals surface area contributed by atoms with E-state index < -0.39 is 12.2 Å². The first-order valence-corrected chi connectivity index (χ1v) is 7.27. The molecule has 1 heterocycles. The molecule has 9 heteroatoms. The van der Waals surface area contributed by atoms with Gasteiger partial charge in [-0.05, 0) is 58.0 Å². The molecule has 0 aromatic carbocycles. The minimum Gasteiger partial charge on any atom is -0.447 e. The molecule has 0 radical (unpaired) electrons. The lowest BCUT2D eigenvalue weighted by Gasteiger charge is -2.12. The fraction of sp³-hybridized carbons (Fsp3) is 0.667. The van der Waals surface area contributed by atoms with Crippen molar-refractivity contribution in [2.45, 2.75) is 25.0 Å². The number of halogens is 2. The summed E-state index contributed by atoms with van der Waals surface area (Å²) in [5.41, 5.74) is 4.85. The quantitative estimate of drug-likeness (QED) is 0.489. The number of aliphatic imine (C=N–C) groups is 1. The summed E-state index contributed by atoms with van der Waals surface area (Å²) >= 11 is 3.82. The molecule has 0 aromatic heterocycles. The van der Waals surface area contributed by atoms with Crippen LogP contribution < -0.4 is 5.73 Å². The van der Waals surface area contributed by atoms with E-state index in [1.807, 2.05) is 45.2 Å². The smallest absolute Gasteiger partial charge is 0.435 e. The summed E-state index contributed by atoms with van der Waals surface area (Å²) < 4.78 is 15.6. The lowest BCUT2D eigenvalue weighted by atomic mass is 10.2. The molecule has 1 fully saturated rings. The van der Waals surface area contributed by atoms with E-state index in [-0.39, 0.29) is 25.4 Å². The second-order valence-electron chi connectivity index (χ2n) is 3.52. The molecule has 18 heavy (non-hydrogen) atoms. The SMILES string of the molecule is NC(=O)OC[C@@H]1CC[C@H](COC(=O)N=C(I)I)O1. The average molecular weight is 482 g/mol. The molecule has 0 aromatic rings. The standard InChI is InChI=1S/C9H12I2N2O5/c10-7(11)13-9(15)17-4-6-2-1-5(18-6)3-16-8(12)14/h5-6H,1-4H2,(H2,12,14)/t5-,6+/m0/s1. The van der Waals surface area contributed by atoms with E-state index >= 15 is 0 Å². The first kappa shape index (κ1) is 15.9. The summed E-state index contributed by atoms with van der Waals surface area (Å²) in [5.74, 6) is 0. The van der Waals surface area contributed by atoms with Crippen molar-refractivity contribution in [1.29, 1.82) is 0 Å². The van der Waals surface area contributed by atoms with Crippen molar-refractivity contribution in [3.63, 3.8) is 0 Å². The molecular weight excluding hydrogens is 470 g/mol. The Morgan fingerprint density at radius 1 is 1.22 bits per heavy atom. The summed E-state index contributed by atoms with van der Waals surface area (Å²) in [4.78, 5) is 25.2. The first-order valence-electron chi connectivity index (χ1n) is 5.11. The summed E-state index contributed by atoms with van der Waals surface area (Å²) in [5, 5.41) is 0. The van der Waals surface area contributed by atoms with Crippen molar-refractivity contribution >= 4 is 59.1 Å². The third kappa shape index (κ3) is 6.68. The highest BCUT2D eigenvalue weighted by atomic mass is 127. The average Bonchev–Trinajstić information content (AvgIpc) is 2.70. The molecule has 1 rings (SSSR count). The number of rotatable bonds is 4. The van der Waals surface area contributed by atoms with Gasteiger partial charge in [0.15, 0.2) is 0 Å². The number of nitrogens with zero attached hydrogens (tertiary/aromatic N) is 1. The Morgan fingerprint density at radius 3 is 2.28 bits per heavy atom. The van der Waals surface area contributed by atoms with E-state index in [1.165, 1.54) is 0 Å². The van der Waals surface area contributed by atoms with Crippen molar-refractivity contribution in [2.24, 2.45) is 10.7 Å². The van der Waals surface area contributed by atoms with Crippen LogP contribution in [0.15, 0.2) is 4.99 Å². The van der Waals surface area contributed by atoms with Crippen LogP contribution >= 0.6 is 45.2 Å². The fourth-order valence-corrected chi connectivity index (χ4v) is 1.86. The molecule has 1 aliphatic rings. The van der Waals surface area contributed by atoms with Crippen LogP contribution in [0, 0.1) is 0 Å². The minimum atomic E-state index is -0.820. The second-order valence-corrected chi connectivity index (χ2v) is 7.62. The third-order valence-electron chi connectivity index (χ3n) is 2.18. The van der Waals surface area contributed by atoms with Crippen molar-refractivity contribution in [3.8, 4) is 0 Å². The zero-order chi connectivity index (χ0) is 13.5. The minimum absolute atomic E-state index is 0.129. The van der Waals surface area contributed by atoms with Crippen LogP contribution in [0.25, 0.3) is 0 Å². The van der Waals surface area contributed by atoms with Crippen LogP contribution in [0.5, 0.6) is 0 Å². The van der Waals surface area contributed by atoms with Crippen LogP contribution in [-0.4, -0.2) is 39.3 Å². The van der Waals surface area contributed by atoms with Gasteiger partial charge in [0, 0.05) is 0 Å². The molecule has 0 bridgehead atoms. The predicted octanol–water partition coefficient (Wildman–Crippen LogP) is 1.99. The topological polar surface area (TPSA) is 100 Å². The molecule has 1 saturated heterocycles. The predicted molar refractivity (Wildman–Crippen MR) is 80.3 cm³/mol. The largest absolute Gasteiger partial charge is 0.447 e. The number of hydrogen-bond donors (Lipinski definition) is 1. The lowest BCUT2D eigenvalue weighted by Crippen LogP contribution is -2.24. The van der Waals surface area contributed by atoms with E-state index in [2.05, 4.69) is 9.73 Å². The van der Waals surface area contributed by atoms with E-state index in [4.69, 9.17) is 15.2 Å². The van der Waals surface area contributed by atoms with Crippen LogP contribution in [0.2, 0.25) is 0 Å². The Bertz CT molecular complexity index is 346. The highest BCUT2D eigenvalue weighted by molar-refractivity contribution is 14.2. The van der Waals surface area contributed by atoms with Gasteiger partial charge in [-0.25, -0.2) is 9.59 Å². The Labute approximate surface area is 131 Å². The first-order chi connectivity index (χ1) is 8.47. The van der Waals surface area contributed by atoms with Crippen LogP contribution in [-0.2, 0) is 14.2 Å². The summed E-state index contributed by atoms with van der Waals surface area (Å²) in [6.07, 6.45) is -0.339. The zero-order valence-electron chi connectivity index (χ0n) is 9.30. The van der Waals surface area contributed by atoms with E-state index in [0.29, 0.717) is 1.73 Å². The number of carbonyl (C=O) groups is 2. The number of ether oxygens (including phenoxy) is 3. The number of hydrogen-bond acceptors (Lipinski definition) is 5. The van der Waals surface area contributed by atoms with Gasteiger partial charge in [0.1, 0.15) is 14.9 Å². The Kier molecular flexibility index (Phi) is 7.14. The van der Waals surface area contributed by atoms with Gasteiger partial charge < -0.3 is 19.9 Å². The third-order valence-corrected chi connectivity index (χ3v) is 2.66. The molecule has 102 valence electrons.